The third-order valence-corrected chi connectivity index (χ3v) is 2.83. The third-order valence-electron chi connectivity index (χ3n) is 2.83. The molecule has 2 heterocycles. The summed E-state index contributed by atoms with van der Waals surface area (Å²) in [4.78, 5) is 22.7. The quantitative estimate of drug-likeness (QED) is 0.541. The van der Waals surface area contributed by atoms with Crippen molar-refractivity contribution in [2.45, 2.75) is 6.92 Å². The van der Waals surface area contributed by atoms with E-state index in [-0.39, 0.29) is 17.4 Å². The molecule has 7 heteroatoms. The van der Waals surface area contributed by atoms with Crippen molar-refractivity contribution in [3.05, 3.63) is 58.4 Å². The van der Waals surface area contributed by atoms with Gasteiger partial charge in [0.2, 0.25) is 11.6 Å². The summed E-state index contributed by atoms with van der Waals surface area (Å²) >= 11 is 0. The minimum absolute atomic E-state index is 0.0372. The topological polar surface area (TPSA) is 91.0 Å². The summed E-state index contributed by atoms with van der Waals surface area (Å²) in [6.45, 7) is 1.73. The third kappa shape index (κ3) is 2.48. The van der Waals surface area contributed by atoms with Crippen molar-refractivity contribution < 1.29 is 9.66 Å². The highest BCUT2D eigenvalue weighted by atomic mass is 16.6. The minimum Gasteiger partial charge on any atom is -0.428 e. The predicted octanol–water partition coefficient (Wildman–Crippen LogP) is 3.03. The summed E-state index contributed by atoms with van der Waals surface area (Å²) in [6, 6.07) is 10.4. The summed E-state index contributed by atoms with van der Waals surface area (Å²) in [5.41, 5.74) is 1.94. The molecule has 7 nitrogen and oxygen atoms in total. The van der Waals surface area contributed by atoms with Crippen LogP contribution in [0.4, 0.5) is 5.82 Å². The van der Waals surface area contributed by atoms with Crippen LogP contribution < -0.4 is 4.74 Å². The van der Waals surface area contributed by atoms with Gasteiger partial charge in [-0.05, 0) is 41.1 Å². The molecule has 0 atom stereocenters. The number of ether oxygens (including phenoxy) is 1. The molecule has 0 bridgehead atoms. The molecule has 1 aromatic carbocycles. The van der Waals surface area contributed by atoms with Crippen molar-refractivity contribution in [2.24, 2.45) is 0 Å². The fourth-order valence-electron chi connectivity index (χ4n) is 1.87. The first-order valence-corrected chi connectivity index (χ1v) is 6.16. The molecule has 3 aromatic rings. The van der Waals surface area contributed by atoms with Gasteiger partial charge in [-0.3, -0.25) is 0 Å². The molecule has 104 valence electrons. The van der Waals surface area contributed by atoms with Gasteiger partial charge < -0.3 is 14.9 Å². The molecule has 0 aliphatic rings. The molecule has 0 aliphatic carbocycles. The van der Waals surface area contributed by atoms with Crippen molar-refractivity contribution >= 4 is 16.9 Å². The maximum atomic E-state index is 10.9. The van der Waals surface area contributed by atoms with E-state index in [1.54, 1.807) is 19.1 Å². The van der Waals surface area contributed by atoms with E-state index in [9.17, 15) is 10.1 Å². The van der Waals surface area contributed by atoms with E-state index in [1.165, 1.54) is 12.3 Å². The standard InChI is InChI=1S/C14H10N4O3/c1-9-14(17-11-6-3-2-5-10(11)16-9)21-12-7-4-8-15-13(12)18(19)20/h2-8H,1H3. The summed E-state index contributed by atoms with van der Waals surface area (Å²) < 4.78 is 5.53. The van der Waals surface area contributed by atoms with Crippen LogP contribution in [0.15, 0.2) is 42.6 Å². The first-order valence-electron chi connectivity index (χ1n) is 6.16. The number of fused-ring (bicyclic) bond motifs is 1. The molecule has 2 aromatic heterocycles. The Hall–Kier alpha value is -3.09. The van der Waals surface area contributed by atoms with Gasteiger partial charge in [-0.1, -0.05) is 12.1 Å². The predicted molar refractivity (Wildman–Crippen MR) is 75.2 cm³/mol. The number of benzene rings is 1. The van der Waals surface area contributed by atoms with Crippen molar-refractivity contribution in [3.63, 3.8) is 0 Å². The van der Waals surface area contributed by atoms with Crippen molar-refractivity contribution in [1.29, 1.82) is 0 Å². The molecular weight excluding hydrogens is 272 g/mol. The molecule has 0 amide bonds. The lowest BCUT2D eigenvalue weighted by Gasteiger charge is -2.08. The fraction of sp³-hybridized carbons (Fsp3) is 0.0714. The first-order chi connectivity index (χ1) is 10.1. The van der Waals surface area contributed by atoms with E-state index in [0.29, 0.717) is 11.2 Å². The molecule has 0 radical (unpaired) electrons. The zero-order valence-corrected chi connectivity index (χ0v) is 11.1. The highest BCUT2D eigenvalue weighted by Gasteiger charge is 2.18. The normalized spacial score (nSPS) is 10.5. The van der Waals surface area contributed by atoms with Gasteiger partial charge in [-0.2, -0.15) is 0 Å². The van der Waals surface area contributed by atoms with E-state index in [1.807, 2.05) is 18.2 Å². The van der Waals surface area contributed by atoms with Gasteiger partial charge in [0, 0.05) is 0 Å². The minimum atomic E-state index is -0.598. The average Bonchev–Trinajstić information content (AvgIpc) is 2.48. The molecule has 3 rings (SSSR count). The molecule has 0 aliphatic heterocycles. The molecule has 0 N–H and O–H groups in total. The smallest absolute Gasteiger partial charge is 0.406 e. The number of hydrogen-bond acceptors (Lipinski definition) is 6. The van der Waals surface area contributed by atoms with E-state index < -0.39 is 4.92 Å². The van der Waals surface area contributed by atoms with Crippen LogP contribution in [-0.2, 0) is 0 Å². The number of pyridine rings is 1. The van der Waals surface area contributed by atoms with Gasteiger partial charge in [-0.25, -0.2) is 9.97 Å². The summed E-state index contributed by atoms with van der Waals surface area (Å²) in [5.74, 6) is -0.0909. The number of nitrogens with zero attached hydrogens (tertiary/aromatic N) is 4. The number of nitro groups is 1. The maximum absolute atomic E-state index is 10.9. The number of aryl methyl sites for hydroxylation is 1. The molecule has 0 saturated carbocycles. The highest BCUT2D eigenvalue weighted by Crippen LogP contribution is 2.29. The van der Waals surface area contributed by atoms with Crippen molar-refractivity contribution in [2.75, 3.05) is 0 Å². The van der Waals surface area contributed by atoms with Gasteiger partial charge in [0.15, 0.2) is 0 Å². The van der Waals surface area contributed by atoms with Crippen LogP contribution >= 0.6 is 0 Å². The van der Waals surface area contributed by atoms with Gasteiger partial charge in [0.1, 0.15) is 11.9 Å². The lowest BCUT2D eigenvalue weighted by Crippen LogP contribution is -1.99. The Kier molecular flexibility index (Phi) is 3.15. The fourth-order valence-corrected chi connectivity index (χ4v) is 1.87. The molecule has 0 saturated heterocycles. The van der Waals surface area contributed by atoms with Crippen LogP contribution in [0.1, 0.15) is 5.69 Å². The second-order valence-electron chi connectivity index (χ2n) is 4.29. The lowest BCUT2D eigenvalue weighted by molar-refractivity contribution is -0.390. The van der Waals surface area contributed by atoms with Crippen LogP contribution in [0.5, 0.6) is 11.6 Å². The van der Waals surface area contributed by atoms with E-state index in [4.69, 9.17) is 4.74 Å². The van der Waals surface area contributed by atoms with Gasteiger partial charge in [0.25, 0.3) is 0 Å². The van der Waals surface area contributed by atoms with Crippen molar-refractivity contribution in [3.8, 4) is 11.6 Å². The summed E-state index contributed by atoms with van der Waals surface area (Å²) in [5, 5.41) is 10.9. The monoisotopic (exact) mass is 282 g/mol. The number of para-hydroxylation sites is 2. The van der Waals surface area contributed by atoms with Gasteiger partial charge in [-0.15, -0.1) is 0 Å². The SMILES string of the molecule is Cc1nc2ccccc2nc1Oc1cccnc1[N+](=O)[O-]. The molecule has 0 spiro atoms. The Bertz CT molecular complexity index is 835. The van der Waals surface area contributed by atoms with Crippen molar-refractivity contribution in [1.82, 2.24) is 15.0 Å². The Morgan fingerprint density at radius 2 is 1.81 bits per heavy atom. The second-order valence-corrected chi connectivity index (χ2v) is 4.29. The highest BCUT2D eigenvalue weighted by molar-refractivity contribution is 5.74. The number of hydrogen-bond donors (Lipinski definition) is 0. The molecule has 21 heavy (non-hydrogen) atoms. The number of rotatable bonds is 3. The summed E-state index contributed by atoms with van der Waals surface area (Å²) in [7, 11) is 0. The first kappa shape index (κ1) is 12.9. The number of aromatic nitrogens is 3. The molecular formula is C14H10N4O3. The second kappa shape index (κ2) is 5.12. The van der Waals surface area contributed by atoms with Crippen LogP contribution in [0.2, 0.25) is 0 Å². The van der Waals surface area contributed by atoms with Gasteiger partial charge in [0.05, 0.1) is 11.0 Å². The van der Waals surface area contributed by atoms with Crippen LogP contribution in [0, 0.1) is 17.0 Å². The lowest BCUT2D eigenvalue weighted by atomic mass is 10.3. The van der Waals surface area contributed by atoms with Crippen LogP contribution in [0.25, 0.3) is 11.0 Å². The average molecular weight is 282 g/mol. The molecule has 0 fully saturated rings. The van der Waals surface area contributed by atoms with Crippen LogP contribution in [0.3, 0.4) is 0 Å². The zero-order chi connectivity index (χ0) is 14.8. The van der Waals surface area contributed by atoms with E-state index in [0.717, 1.165) is 5.52 Å². The molecule has 0 unspecified atom stereocenters. The van der Waals surface area contributed by atoms with Gasteiger partial charge >= 0.3 is 5.82 Å². The Balaban J connectivity index is 2.06. The largest absolute Gasteiger partial charge is 0.428 e. The Morgan fingerprint density at radius 1 is 1.10 bits per heavy atom. The van der Waals surface area contributed by atoms with E-state index >= 15 is 0 Å². The van der Waals surface area contributed by atoms with Crippen LogP contribution in [-0.4, -0.2) is 19.9 Å². The Morgan fingerprint density at radius 3 is 2.52 bits per heavy atom. The Labute approximate surface area is 119 Å². The maximum Gasteiger partial charge on any atom is 0.406 e. The van der Waals surface area contributed by atoms with E-state index in [2.05, 4.69) is 15.0 Å². The summed E-state index contributed by atoms with van der Waals surface area (Å²) in [6.07, 6.45) is 1.34. The zero-order valence-electron chi connectivity index (χ0n) is 11.1.